The van der Waals surface area contributed by atoms with Gasteiger partial charge in [0.2, 0.25) is 5.91 Å². The quantitative estimate of drug-likeness (QED) is 0.749. The molecular weight excluding hydrogens is 257 g/mol. The third-order valence-electron chi connectivity index (χ3n) is 3.75. The number of hydrogen-bond acceptors (Lipinski definition) is 2. The molecule has 0 bridgehead atoms. The van der Waals surface area contributed by atoms with E-state index in [2.05, 4.69) is 6.92 Å². The largest absolute Gasteiger partial charge is 0.332 e. The van der Waals surface area contributed by atoms with Crippen molar-refractivity contribution >= 4 is 11.7 Å². The third kappa shape index (κ3) is 3.24. The Morgan fingerprint density at radius 2 is 2.05 bits per heavy atom. The van der Waals surface area contributed by atoms with E-state index >= 15 is 0 Å². The van der Waals surface area contributed by atoms with Gasteiger partial charge >= 0.3 is 0 Å². The van der Waals surface area contributed by atoms with E-state index in [9.17, 15) is 14.0 Å². The Balaban J connectivity index is 2.18. The van der Waals surface area contributed by atoms with Crippen molar-refractivity contribution in [2.45, 2.75) is 45.1 Å². The van der Waals surface area contributed by atoms with E-state index in [1.165, 1.54) is 24.3 Å². The number of rotatable bonds is 6. The molecule has 4 heteroatoms. The molecule has 1 fully saturated rings. The molecule has 1 aromatic rings. The number of likely N-dealkylation sites (tertiary alicyclic amines) is 1. The summed E-state index contributed by atoms with van der Waals surface area (Å²) in [6.45, 7) is 2.71. The number of amides is 1. The van der Waals surface area contributed by atoms with Gasteiger partial charge in [-0.1, -0.05) is 19.8 Å². The van der Waals surface area contributed by atoms with E-state index < -0.39 is 6.04 Å². The summed E-state index contributed by atoms with van der Waals surface area (Å²) in [6, 6.07) is 5.18. The summed E-state index contributed by atoms with van der Waals surface area (Å²) in [4.78, 5) is 26.2. The highest BCUT2D eigenvalue weighted by Crippen LogP contribution is 2.21. The average Bonchev–Trinajstić information content (AvgIpc) is 2.86. The first-order chi connectivity index (χ1) is 9.63. The minimum absolute atomic E-state index is 0.0570. The second kappa shape index (κ2) is 6.64. The summed E-state index contributed by atoms with van der Waals surface area (Å²) < 4.78 is 12.9. The van der Waals surface area contributed by atoms with Gasteiger partial charge in [-0.2, -0.15) is 0 Å². The Bertz CT molecular complexity index is 484. The molecule has 20 heavy (non-hydrogen) atoms. The summed E-state index contributed by atoms with van der Waals surface area (Å²) in [7, 11) is 0. The molecule has 1 heterocycles. The monoisotopic (exact) mass is 277 g/mol. The summed E-state index contributed by atoms with van der Waals surface area (Å²) in [5, 5.41) is 0. The van der Waals surface area contributed by atoms with Crippen molar-refractivity contribution in [1.29, 1.82) is 0 Å². The fourth-order valence-corrected chi connectivity index (χ4v) is 2.63. The Labute approximate surface area is 118 Å². The molecule has 1 saturated heterocycles. The summed E-state index contributed by atoms with van der Waals surface area (Å²) in [6.07, 6.45) is 3.91. The van der Waals surface area contributed by atoms with Gasteiger partial charge in [-0.05, 0) is 37.1 Å². The Kier molecular flexibility index (Phi) is 4.88. The van der Waals surface area contributed by atoms with Crippen LogP contribution in [0.3, 0.4) is 0 Å². The molecule has 108 valence electrons. The van der Waals surface area contributed by atoms with Crippen LogP contribution in [0, 0.1) is 5.82 Å². The number of unbranched alkanes of at least 4 members (excludes halogenated alkanes) is 1. The lowest BCUT2D eigenvalue weighted by atomic mass is 9.98. The molecule has 0 saturated carbocycles. The van der Waals surface area contributed by atoms with Crippen molar-refractivity contribution in [3.8, 4) is 0 Å². The van der Waals surface area contributed by atoms with E-state index in [-0.39, 0.29) is 17.5 Å². The van der Waals surface area contributed by atoms with Gasteiger partial charge in [0.15, 0.2) is 5.78 Å². The van der Waals surface area contributed by atoms with Gasteiger partial charge in [-0.3, -0.25) is 9.59 Å². The van der Waals surface area contributed by atoms with Crippen LogP contribution < -0.4 is 0 Å². The standard InChI is InChI=1S/C16H20FNO2/c1-2-3-5-14(18-11-4-6-15(18)19)16(20)12-7-9-13(17)10-8-12/h7-10,14H,2-6,11H2,1H3. The zero-order valence-corrected chi connectivity index (χ0v) is 11.8. The zero-order valence-electron chi connectivity index (χ0n) is 11.8. The predicted octanol–water partition coefficient (Wildman–Crippen LogP) is 3.19. The molecule has 0 radical (unpaired) electrons. The van der Waals surface area contributed by atoms with E-state index in [0.717, 1.165) is 19.3 Å². The molecular formula is C16H20FNO2. The minimum atomic E-state index is -0.393. The van der Waals surface area contributed by atoms with Crippen LogP contribution >= 0.6 is 0 Å². The van der Waals surface area contributed by atoms with Crippen molar-refractivity contribution in [1.82, 2.24) is 4.90 Å². The molecule has 0 aromatic heterocycles. The first-order valence-corrected chi connectivity index (χ1v) is 7.22. The van der Waals surface area contributed by atoms with Crippen LogP contribution in [0.2, 0.25) is 0 Å². The Morgan fingerprint density at radius 1 is 1.35 bits per heavy atom. The highest BCUT2D eigenvalue weighted by atomic mass is 19.1. The SMILES string of the molecule is CCCCC(C(=O)c1ccc(F)cc1)N1CCCC1=O. The number of carbonyl (C=O) groups is 2. The van der Waals surface area contributed by atoms with Gasteiger partial charge < -0.3 is 4.90 Å². The maximum atomic E-state index is 12.9. The van der Waals surface area contributed by atoms with Gasteiger partial charge in [-0.15, -0.1) is 0 Å². The molecule has 0 N–H and O–H groups in total. The Morgan fingerprint density at radius 3 is 2.60 bits per heavy atom. The van der Waals surface area contributed by atoms with Crippen LogP contribution in [-0.2, 0) is 4.79 Å². The fourth-order valence-electron chi connectivity index (χ4n) is 2.63. The number of halogens is 1. The summed E-state index contributed by atoms with van der Waals surface area (Å²) in [5.74, 6) is -0.376. The summed E-state index contributed by atoms with van der Waals surface area (Å²) in [5.41, 5.74) is 0.479. The number of hydrogen-bond donors (Lipinski definition) is 0. The number of carbonyl (C=O) groups excluding carboxylic acids is 2. The highest BCUT2D eigenvalue weighted by Gasteiger charge is 2.32. The van der Waals surface area contributed by atoms with Gasteiger partial charge in [0.25, 0.3) is 0 Å². The van der Waals surface area contributed by atoms with Crippen molar-refractivity contribution < 1.29 is 14.0 Å². The number of ketones is 1. The average molecular weight is 277 g/mol. The van der Waals surface area contributed by atoms with E-state index in [4.69, 9.17) is 0 Å². The smallest absolute Gasteiger partial charge is 0.223 e. The minimum Gasteiger partial charge on any atom is -0.332 e. The van der Waals surface area contributed by atoms with Crippen molar-refractivity contribution in [2.75, 3.05) is 6.54 Å². The topological polar surface area (TPSA) is 37.4 Å². The van der Waals surface area contributed by atoms with Crippen LogP contribution in [0.15, 0.2) is 24.3 Å². The second-order valence-electron chi connectivity index (χ2n) is 5.22. The molecule has 0 spiro atoms. The van der Waals surface area contributed by atoms with Gasteiger partial charge in [-0.25, -0.2) is 4.39 Å². The second-order valence-corrected chi connectivity index (χ2v) is 5.22. The maximum Gasteiger partial charge on any atom is 0.223 e. The van der Waals surface area contributed by atoms with E-state index in [0.29, 0.717) is 24.9 Å². The normalized spacial score (nSPS) is 16.5. The molecule has 1 aliphatic rings. The van der Waals surface area contributed by atoms with Crippen molar-refractivity contribution in [2.24, 2.45) is 0 Å². The lowest BCUT2D eigenvalue weighted by molar-refractivity contribution is -0.129. The number of nitrogens with zero attached hydrogens (tertiary/aromatic N) is 1. The number of Topliss-reactive ketones (excluding diaryl/α,β-unsaturated/α-hetero) is 1. The van der Waals surface area contributed by atoms with Crippen LogP contribution in [0.1, 0.15) is 49.4 Å². The van der Waals surface area contributed by atoms with Crippen molar-refractivity contribution in [3.05, 3.63) is 35.6 Å². The van der Waals surface area contributed by atoms with Crippen LogP contribution in [0.25, 0.3) is 0 Å². The first kappa shape index (κ1) is 14.7. The van der Waals surface area contributed by atoms with Gasteiger partial charge in [0.1, 0.15) is 5.82 Å². The van der Waals surface area contributed by atoms with E-state index in [1.807, 2.05) is 0 Å². The van der Waals surface area contributed by atoms with Crippen molar-refractivity contribution in [3.63, 3.8) is 0 Å². The molecule has 3 nitrogen and oxygen atoms in total. The Hall–Kier alpha value is -1.71. The van der Waals surface area contributed by atoms with Crippen LogP contribution in [-0.4, -0.2) is 29.2 Å². The molecule has 1 amide bonds. The molecule has 1 aromatic carbocycles. The third-order valence-corrected chi connectivity index (χ3v) is 3.75. The molecule has 1 unspecified atom stereocenters. The van der Waals surface area contributed by atoms with E-state index in [1.54, 1.807) is 4.90 Å². The molecule has 0 aliphatic carbocycles. The van der Waals surface area contributed by atoms with Gasteiger partial charge in [0.05, 0.1) is 6.04 Å². The van der Waals surface area contributed by atoms with Gasteiger partial charge in [0, 0.05) is 18.5 Å². The summed E-state index contributed by atoms with van der Waals surface area (Å²) >= 11 is 0. The first-order valence-electron chi connectivity index (χ1n) is 7.22. The van der Waals surface area contributed by atoms with Crippen LogP contribution in [0.4, 0.5) is 4.39 Å². The van der Waals surface area contributed by atoms with Crippen LogP contribution in [0.5, 0.6) is 0 Å². The predicted molar refractivity (Wildman–Crippen MR) is 75.0 cm³/mol. The molecule has 1 aliphatic heterocycles. The molecule has 1 atom stereocenters. The zero-order chi connectivity index (χ0) is 14.5. The highest BCUT2D eigenvalue weighted by molar-refractivity contribution is 6.02. The molecule has 2 rings (SSSR count). The maximum absolute atomic E-state index is 12.9. The fraction of sp³-hybridized carbons (Fsp3) is 0.500. The lowest BCUT2D eigenvalue weighted by Crippen LogP contribution is -2.42. The lowest BCUT2D eigenvalue weighted by Gasteiger charge is -2.26. The number of benzene rings is 1.